The average molecular weight is 347 g/mol. The van der Waals surface area contributed by atoms with Crippen LogP contribution in [-0.4, -0.2) is 11.3 Å². The lowest BCUT2D eigenvalue weighted by Crippen LogP contribution is -2.16. The van der Waals surface area contributed by atoms with Crippen molar-refractivity contribution in [1.29, 1.82) is 5.26 Å². The molecule has 1 heterocycles. The molecule has 3 nitrogen and oxygen atoms in total. The fraction of sp³-hybridized carbons (Fsp3) is 0.143. The minimum atomic E-state index is -4.75. The Labute approximate surface area is 133 Å². The van der Waals surface area contributed by atoms with Gasteiger partial charge in [0.05, 0.1) is 28.2 Å². The normalized spacial score (nSPS) is 11.1. The number of aromatic nitrogens is 1. The van der Waals surface area contributed by atoms with Crippen molar-refractivity contribution in [2.45, 2.75) is 12.8 Å². The van der Waals surface area contributed by atoms with E-state index in [1.54, 1.807) is 0 Å². The molecular formula is C14H7Cl2F3N2O. The van der Waals surface area contributed by atoms with Crippen LogP contribution in [0, 0.1) is 11.3 Å². The second-order valence-corrected chi connectivity index (χ2v) is 4.94. The van der Waals surface area contributed by atoms with Crippen LogP contribution in [0.1, 0.15) is 5.56 Å². The highest BCUT2D eigenvalue weighted by atomic mass is 35.5. The van der Waals surface area contributed by atoms with Crippen molar-refractivity contribution < 1.29 is 17.9 Å². The molecule has 0 aliphatic carbocycles. The van der Waals surface area contributed by atoms with Crippen LogP contribution < -0.4 is 4.74 Å². The summed E-state index contributed by atoms with van der Waals surface area (Å²) in [6.45, 7) is 0. The Bertz CT molecular complexity index is 725. The summed E-state index contributed by atoms with van der Waals surface area (Å²) in [6.07, 6.45) is -3.41. The first-order valence-electron chi connectivity index (χ1n) is 5.88. The zero-order valence-corrected chi connectivity index (χ0v) is 12.3. The predicted molar refractivity (Wildman–Crippen MR) is 75.7 cm³/mol. The number of pyridine rings is 1. The van der Waals surface area contributed by atoms with Crippen molar-refractivity contribution in [3.8, 4) is 23.1 Å². The molecule has 0 spiro atoms. The van der Waals surface area contributed by atoms with Gasteiger partial charge in [-0.2, -0.15) is 5.26 Å². The van der Waals surface area contributed by atoms with Crippen LogP contribution >= 0.6 is 23.2 Å². The van der Waals surface area contributed by atoms with Gasteiger partial charge >= 0.3 is 6.36 Å². The Morgan fingerprint density at radius 1 is 1.18 bits per heavy atom. The summed E-state index contributed by atoms with van der Waals surface area (Å²) in [5, 5.41) is 9.21. The summed E-state index contributed by atoms with van der Waals surface area (Å²) < 4.78 is 40.1. The molecule has 0 radical (unpaired) electrons. The Balaban J connectivity index is 2.37. The highest BCUT2D eigenvalue weighted by molar-refractivity contribution is 6.37. The van der Waals surface area contributed by atoms with E-state index >= 15 is 0 Å². The van der Waals surface area contributed by atoms with E-state index in [-0.39, 0.29) is 22.2 Å². The molecule has 2 rings (SSSR count). The standard InChI is InChI=1S/C14H7Cl2F3N2O/c15-11-7-21-13(12(16)10(11)5-6-20)8-1-3-9(4-2-8)22-14(17,18)19/h1-4,7H,5H2. The summed E-state index contributed by atoms with van der Waals surface area (Å²) in [5.74, 6) is -0.349. The van der Waals surface area contributed by atoms with E-state index in [1.165, 1.54) is 18.3 Å². The van der Waals surface area contributed by atoms with Crippen molar-refractivity contribution in [2.24, 2.45) is 0 Å². The van der Waals surface area contributed by atoms with Gasteiger partial charge in [0.25, 0.3) is 0 Å². The van der Waals surface area contributed by atoms with E-state index in [0.29, 0.717) is 16.8 Å². The van der Waals surface area contributed by atoms with Crippen LogP contribution in [0.15, 0.2) is 30.5 Å². The molecule has 1 aromatic carbocycles. The second kappa shape index (κ2) is 6.42. The van der Waals surface area contributed by atoms with Gasteiger partial charge in [-0.25, -0.2) is 0 Å². The maximum absolute atomic E-state index is 12.1. The van der Waals surface area contributed by atoms with Gasteiger partial charge in [0, 0.05) is 17.3 Å². The van der Waals surface area contributed by atoms with Crippen molar-refractivity contribution in [3.05, 3.63) is 46.1 Å². The molecule has 8 heteroatoms. The minimum absolute atomic E-state index is 0.00244. The quantitative estimate of drug-likeness (QED) is 0.783. The van der Waals surface area contributed by atoms with Crippen LogP contribution in [0.3, 0.4) is 0 Å². The molecule has 0 unspecified atom stereocenters. The monoisotopic (exact) mass is 346 g/mol. The molecule has 22 heavy (non-hydrogen) atoms. The molecular weight excluding hydrogens is 340 g/mol. The summed E-state index contributed by atoms with van der Waals surface area (Å²) in [4.78, 5) is 4.06. The Morgan fingerprint density at radius 3 is 2.36 bits per heavy atom. The molecule has 0 saturated carbocycles. The number of halogens is 5. The van der Waals surface area contributed by atoms with E-state index in [4.69, 9.17) is 28.5 Å². The third kappa shape index (κ3) is 3.81. The lowest BCUT2D eigenvalue weighted by molar-refractivity contribution is -0.274. The molecule has 1 aromatic heterocycles. The van der Waals surface area contributed by atoms with Crippen LogP contribution in [0.4, 0.5) is 13.2 Å². The van der Waals surface area contributed by atoms with E-state index in [2.05, 4.69) is 9.72 Å². The maximum atomic E-state index is 12.1. The molecule has 0 N–H and O–H groups in total. The van der Waals surface area contributed by atoms with Gasteiger partial charge in [0.1, 0.15) is 5.75 Å². The van der Waals surface area contributed by atoms with Gasteiger partial charge in [-0.05, 0) is 24.3 Å². The summed E-state index contributed by atoms with van der Waals surface area (Å²) in [6, 6.07) is 7.02. The lowest BCUT2D eigenvalue weighted by atomic mass is 10.1. The predicted octanol–water partition coefficient (Wildman–Crippen LogP) is 5.02. The van der Waals surface area contributed by atoms with Crippen LogP contribution in [0.25, 0.3) is 11.3 Å². The van der Waals surface area contributed by atoms with Crippen molar-refractivity contribution in [3.63, 3.8) is 0 Å². The number of alkyl halides is 3. The van der Waals surface area contributed by atoms with Crippen molar-refractivity contribution >= 4 is 23.2 Å². The first-order chi connectivity index (χ1) is 10.3. The molecule has 0 atom stereocenters. The zero-order valence-electron chi connectivity index (χ0n) is 10.8. The van der Waals surface area contributed by atoms with Gasteiger partial charge in [0.2, 0.25) is 0 Å². The topological polar surface area (TPSA) is 45.9 Å². The van der Waals surface area contributed by atoms with Gasteiger partial charge in [-0.15, -0.1) is 13.2 Å². The van der Waals surface area contributed by atoms with Crippen molar-refractivity contribution in [1.82, 2.24) is 4.98 Å². The number of nitrogens with zero attached hydrogens (tertiary/aromatic N) is 2. The first kappa shape index (κ1) is 16.4. The number of nitriles is 1. The summed E-state index contributed by atoms with van der Waals surface area (Å²) in [5.41, 5.74) is 1.23. The minimum Gasteiger partial charge on any atom is -0.406 e. The fourth-order valence-corrected chi connectivity index (χ4v) is 2.35. The largest absolute Gasteiger partial charge is 0.573 e. The third-order valence-corrected chi connectivity index (χ3v) is 3.42. The second-order valence-electron chi connectivity index (χ2n) is 4.15. The summed E-state index contributed by atoms with van der Waals surface area (Å²) in [7, 11) is 0. The Kier molecular flexibility index (Phi) is 4.79. The zero-order chi connectivity index (χ0) is 16.3. The van der Waals surface area contributed by atoms with Gasteiger partial charge in [0.15, 0.2) is 0 Å². The molecule has 0 aliphatic heterocycles. The van der Waals surface area contributed by atoms with E-state index in [0.717, 1.165) is 12.1 Å². The Morgan fingerprint density at radius 2 is 1.82 bits per heavy atom. The van der Waals surface area contributed by atoms with E-state index in [9.17, 15) is 13.2 Å². The highest BCUT2D eigenvalue weighted by Gasteiger charge is 2.31. The smallest absolute Gasteiger partial charge is 0.406 e. The molecule has 0 fully saturated rings. The number of hydrogen-bond donors (Lipinski definition) is 0. The molecule has 0 bridgehead atoms. The number of hydrogen-bond acceptors (Lipinski definition) is 3. The van der Waals surface area contributed by atoms with E-state index < -0.39 is 6.36 Å². The number of ether oxygens (including phenoxy) is 1. The average Bonchev–Trinajstić information content (AvgIpc) is 2.43. The third-order valence-electron chi connectivity index (χ3n) is 2.69. The van der Waals surface area contributed by atoms with Crippen LogP contribution in [-0.2, 0) is 6.42 Å². The number of rotatable bonds is 3. The molecule has 2 aromatic rings. The van der Waals surface area contributed by atoms with E-state index in [1.807, 2.05) is 6.07 Å². The van der Waals surface area contributed by atoms with Gasteiger partial charge in [-0.3, -0.25) is 4.98 Å². The molecule has 0 saturated heterocycles. The number of benzene rings is 1. The van der Waals surface area contributed by atoms with Gasteiger partial charge < -0.3 is 4.74 Å². The Hall–Kier alpha value is -1.97. The molecule has 0 aliphatic rings. The highest BCUT2D eigenvalue weighted by Crippen LogP contribution is 2.34. The fourth-order valence-electron chi connectivity index (χ4n) is 1.76. The van der Waals surface area contributed by atoms with Crippen molar-refractivity contribution in [2.75, 3.05) is 0 Å². The SMILES string of the molecule is N#CCc1c(Cl)cnc(-c2ccc(OC(F)(F)F)cc2)c1Cl. The van der Waals surface area contributed by atoms with Crippen LogP contribution in [0.2, 0.25) is 10.0 Å². The summed E-state index contributed by atoms with van der Waals surface area (Å²) >= 11 is 12.1. The van der Waals surface area contributed by atoms with Crippen LogP contribution in [0.5, 0.6) is 5.75 Å². The first-order valence-corrected chi connectivity index (χ1v) is 6.63. The van der Waals surface area contributed by atoms with Gasteiger partial charge in [-0.1, -0.05) is 23.2 Å². The molecule has 114 valence electrons. The molecule has 0 amide bonds. The lowest BCUT2D eigenvalue weighted by Gasteiger charge is -2.11. The maximum Gasteiger partial charge on any atom is 0.573 e.